The largest absolute Gasteiger partial charge is 0.438 e. The number of hydrogen-bond acceptors (Lipinski definition) is 4. The molecule has 0 N–H and O–H groups in total. The fraction of sp³-hybridized carbons (Fsp3) is 0.263. The van der Waals surface area contributed by atoms with Crippen LogP contribution in [0.4, 0.5) is 0 Å². The van der Waals surface area contributed by atoms with Gasteiger partial charge in [-0.25, -0.2) is 4.98 Å². The van der Waals surface area contributed by atoms with E-state index in [2.05, 4.69) is 34.9 Å². The molecular weight excluding hydrogens is 322 g/mol. The molecule has 0 fully saturated rings. The lowest BCUT2D eigenvalue weighted by Gasteiger charge is -2.26. The van der Waals surface area contributed by atoms with E-state index in [0.29, 0.717) is 10.9 Å². The Labute approximate surface area is 147 Å². The first-order chi connectivity index (χ1) is 11.5. The van der Waals surface area contributed by atoms with E-state index in [1.807, 2.05) is 38.3 Å². The topological polar surface area (TPSA) is 37.7 Å². The van der Waals surface area contributed by atoms with Crippen LogP contribution in [-0.4, -0.2) is 29.7 Å². The van der Waals surface area contributed by atoms with Crippen molar-refractivity contribution < 1.29 is 4.74 Å². The normalized spacial score (nSPS) is 14.3. The van der Waals surface area contributed by atoms with Gasteiger partial charge in [-0.15, -0.1) is 0 Å². The minimum absolute atomic E-state index is 0.429. The van der Waals surface area contributed by atoms with Gasteiger partial charge in [0.05, 0.1) is 17.9 Å². The molecule has 1 aliphatic rings. The van der Waals surface area contributed by atoms with Crippen molar-refractivity contribution in [2.75, 3.05) is 13.6 Å². The van der Waals surface area contributed by atoms with Crippen LogP contribution in [0, 0.1) is 13.8 Å². The van der Waals surface area contributed by atoms with Crippen LogP contribution in [-0.2, 0) is 0 Å². The Morgan fingerprint density at radius 2 is 1.92 bits per heavy atom. The third-order valence-electron chi connectivity index (χ3n) is 4.08. The van der Waals surface area contributed by atoms with Crippen LogP contribution < -0.4 is 4.74 Å². The summed E-state index contributed by atoms with van der Waals surface area (Å²) in [4.78, 5) is 10.9. The number of ether oxygens (including phenoxy) is 1. The van der Waals surface area contributed by atoms with Crippen molar-refractivity contribution in [1.82, 2.24) is 9.88 Å². The predicted molar refractivity (Wildman–Crippen MR) is 99.0 cm³/mol. The van der Waals surface area contributed by atoms with Gasteiger partial charge in [0.1, 0.15) is 10.8 Å². The van der Waals surface area contributed by atoms with Crippen LogP contribution in [0.15, 0.2) is 41.2 Å². The summed E-state index contributed by atoms with van der Waals surface area (Å²) < 4.78 is 5.86. The van der Waals surface area contributed by atoms with Crippen LogP contribution in [0.1, 0.15) is 23.6 Å². The van der Waals surface area contributed by atoms with Gasteiger partial charge in [0.15, 0.2) is 0 Å². The number of allylic oxidation sites excluding steroid dienone is 1. The van der Waals surface area contributed by atoms with Gasteiger partial charge < -0.3 is 9.64 Å². The molecule has 0 saturated carbocycles. The molecule has 24 heavy (non-hydrogen) atoms. The molecule has 124 valence electrons. The van der Waals surface area contributed by atoms with Gasteiger partial charge in [-0.2, -0.15) is 0 Å². The maximum absolute atomic E-state index is 6.26. The molecule has 1 aromatic heterocycles. The molecule has 2 heterocycles. The molecule has 0 radical (unpaired) electrons. The van der Waals surface area contributed by atoms with E-state index in [-0.39, 0.29) is 0 Å². The van der Waals surface area contributed by atoms with Crippen molar-refractivity contribution in [3.63, 3.8) is 0 Å². The van der Waals surface area contributed by atoms with Crippen LogP contribution in [0.2, 0.25) is 5.02 Å². The van der Waals surface area contributed by atoms with Gasteiger partial charge in [0.2, 0.25) is 5.88 Å². The molecule has 0 saturated heterocycles. The lowest BCUT2D eigenvalue weighted by Crippen LogP contribution is -2.23. The molecule has 4 nitrogen and oxygen atoms in total. The Morgan fingerprint density at radius 3 is 2.62 bits per heavy atom. The molecule has 1 aliphatic heterocycles. The van der Waals surface area contributed by atoms with Gasteiger partial charge in [-0.05, 0) is 56.2 Å². The van der Waals surface area contributed by atoms with Gasteiger partial charge >= 0.3 is 0 Å². The molecular formula is C19H20ClN3O. The number of halogens is 1. The minimum atomic E-state index is 0.429. The third kappa shape index (κ3) is 3.15. The molecule has 1 aromatic carbocycles. The lowest BCUT2D eigenvalue weighted by molar-refractivity contribution is 0.462. The van der Waals surface area contributed by atoms with E-state index in [4.69, 9.17) is 16.3 Å². The summed E-state index contributed by atoms with van der Waals surface area (Å²) in [6, 6.07) is 7.86. The average molecular weight is 342 g/mol. The van der Waals surface area contributed by atoms with Gasteiger partial charge in [-0.3, -0.25) is 4.99 Å². The number of rotatable bonds is 3. The second-order valence-corrected chi connectivity index (χ2v) is 6.33. The summed E-state index contributed by atoms with van der Waals surface area (Å²) >= 11 is 6.26. The summed E-state index contributed by atoms with van der Waals surface area (Å²) in [5.74, 6) is 1.15. The Kier molecular flexibility index (Phi) is 4.58. The van der Waals surface area contributed by atoms with Crippen LogP contribution in [0.3, 0.4) is 0 Å². The standard InChI is InChI=1S/C19H20ClN3O/c1-12-7-8-22-19(17(12)20)24-15-5-6-16(13(2)11-15)18-14(3)21-9-10-23(18)4/h5-9,11H,10H2,1-4H3. The number of aliphatic imine (C=N–C) groups is 1. The van der Waals surface area contributed by atoms with Crippen LogP contribution in [0.5, 0.6) is 11.6 Å². The molecule has 0 bridgehead atoms. The van der Waals surface area contributed by atoms with Gasteiger partial charge in [0.25, 0.3) is 0 Å². The fourth-order valence-corrected chi connectivity index (χ4v) is 2.94. The Morgan fingerprint density at radius 1 is 1.12 bits per heavy atom. The fourth-order valence-electron chi connectivity index (χ4n) is 2.79. The first-order valence-corrected chi connectivity index (χ1v) is 8.19. The Balaban J connectivity index is 1.93. The van der Waals surface area contributed by atoms with E-state index in [9.17, 15) is 0 Å². The predicted octanol–water partition coefficient (Wildman–Crippen LogP) is 4.85. The van der Waals surface area contributed by atoms with Crippen molar-refractivity contribution >= 4 is 23.5 Å². The number of nitrogens with zero attached hydrogens (tertiary/aromatic N) is 3. The van der Waals surface area contributed by atoms with Crippen molar-refractivity contribution in [2.24, 2.45) is 4.99 Å². The minimum Gasteiger partial charge on any atom is -0.438 e. The molecule has 0 atom stereocenters. The summed E-state index contributed by atoms with van der Waals surface area (Å²) in [6.07, 6.45) is 3.62. The van der Waals surface area contributed by atoms with E-state index in [0.717, 1.165) is 40.4 Å². The number of benzene rings is 1. The zero-order chi connectivity index (χ0) is 17.3. The third-order valence-corrected chi connectivity index (χ3v) is 4.54. The lowest BCUT2D eigenvalue weighted by atomic mass is 10.0. The van der Waals surface area contributed by atoms with Crippen molar-refractivity contribution in [3.8, 4) is 11.6 Å². The van der Waals surface area contributed by atoms with Crippen molar-refractivity contribution in [2.45, 2.75) is 20.8 Å². The molecule has 0 aliphatic carbocycles. The molecule has 0 spiro atoms. The molecule has 0 unspecified atom stereocenters. The Hall–Kier alpha value is -2.33. The monoisotopic (exact) mass is 341 g/mol. The maximum atomic E-state index is 6.26. The quantitative estimate of drug-likeness (QED) is 0.801. The highest BCUT2D eigenvalue weighted by Gasteiger charge is 2.16. The van der Waals surface area contributed by atoms with Crippen LogP contribution >= 0.6 is 11.6 Å². The molecule has 3 rings (SSSR count). The second kappa shape index (κ2) is 6.65. The summed E-state index contributed by atoms with van der Waals surface area (Å²) in [7, 11) is 2.07. The molecule has 5 heteroatoms. The highest BCUT2D eigenvalue weighted by atomic mass is 35.5. The smallest absolute Gasteiger partial charge is 0.238 e. The van der Waals surface area contributed by atoms with Crippen LogP contribution in [0.25, 0.3) is 5.70 Å². The summed E-state index contributed by atoms with van der Waals surface area (Å²) in [6.45, 7) is 6.84. The highest BCUT2D eigenvalue weighted by molar-refractivity contribution is 6.32. The number of aromatic nitrogens is 1. The number of aryl methyl sites for hydroxylation is 2. The Bertz CT molecular complexity index is 843. The SMILES string of the molecule is CC1=C(c2ccc(Oc3nccc(C)c3Cl)cc2C)N(C)CC=N1. The first-order valence-electron chi connectivity index (χ1n) is 7.82. The summed E-state index contributed by atoms with van der Waals surface area (Å²) in [5, 5.41) is 0.541. The number of pyridine rings is 1. The highest BCUT2D eigenvalue weighted by Crippen LogP contribution is 2.33. The molecule has 2 aromatic rings. The first kappa shape index (κ1) is 16.5. The number of hydrogen-bond donors (Lipinski definition) is 0. The van der Waals surface area contributed by atoms with Gasteiger partial charge in [-0.1, -0.05) is 11.6 Å². The van der Waals surface area contributed by atoms with Crippen molar-refractivity contribution in [1.29, 1.82) is 0 Å². The maximum Gasteiger partial charge on any atom is 0.238 e. The average Bonchev–Trinajstić information content (AvgIpc) is 2.53. The molecule has 0 amide bonds. The van der Waals surface area contributed by atoms with Crippen molar-refractivity contribution in [3.05, 3.63) is 57.9 Å². The second-order valence-electron chi connectivity index (χ2n) is 5.95. The van der Waals surface area contributed by atoms with E-state index in [1.165, 1.54) is 0 Å². The summed E-state index contributed by atoms with van der Waals surface area (Å²) in [5.41, 5.74) is 5.38. The zero-order valence-corrected chi connectivity index (χ0v) is 15.1. The van der Waals surface area contributed by atoms with E-state index >= 15 is 0 Å². The van der Waals surface area contributed by atoms with E-state index < -0.39 is 0 Å². The van der Waals surface area contributed by atoms with Gasteiger partial charge in [0, 0.05) is 25.0 Å². The van der Waals surface area contributed by atoms with E-state index in [1.54, 1.807) is 6.20 Å². The zero-order valence-electron chi connectivity index (χ0n) is 14.3.